The third kappa shape index (κ3) is 3.80. The van der Waals surface area contributed by atoms with Crippen LogP contribution >= 0.6 is 15.9 Å². The first-order valence-corrected chi connectivity index (χ1v) is 7.28. The van der Waals surface area contributed by atoms with Crippen LogP contribution in [0.1, 0.15) is 44.0 Å². The van der Waals surface area contributed by atoms with Crippen molar-refractivity contribution in [2.75, 3.05) is 6.61 Å². The Morgan fingerprint density at radius 3 is 2.84 bits per heavy atom. The van der Waals surface area contributed by atoms with Gasteiger partial charge in [0.15, 0.2) is 5.78 Å². The number of carbonyl (C=O) groups is 1. The van der Waals surface area contributed by atoms with E-state index < -0.39 is 0 Å². The van der Waals surface area contributed by atoms with Crippen molar-refractivity contribution >= 4 is 21.7 Å². The Balaban J connectivity index is 2.02. The smallest absolute Gasteiger partial charge is 0.163 e. The first-order valence-electron chi connectivity index (χ1n) is 6.48. The second kappa shape index (κ2) is 5.63. The Morgan fingerprint density at radius 2 is 2.26 bits per heavy atom. The third-order valence-corrected chi connectivity index (χ3v) is 3.79. The van der Waals surface area contributed by atoms with Crippen LogP contribution in [-0.4, -0.2) is 24.1 Å². The van der Waals surface area contributed by atoms with Crippen LogP contribution in [0, 0.1) is 0 Å². The van der Waals surface area contributed by atoms with Crippen molar-refractivity contribution < 1.29 is 14.3 Å². The van der Waals surface area contributed by atoms with Crippen LogP contribution in [0.25, 0.3) is 0 Å². The number of ketones is 1. The van der Waals surface area contributed by atoms with Gasteiger partial charge in [0.1, 0.15) is 12.4 Å². The summed E-state index contributed by atoms with van der Waals surface area (Å²) >= 11 is 3.36. The van der Waals surface area contributed by atoms with E-state index >= 15 is 0 Å². The SMILES string of the molecule is CC(=O)c1cc(Br)ccc1OCC1CCC(C)(C)O1. The number of benzene rings is 1. The molecule has 0 amide bonds. The molecule has 0 N–H and O–H groups in total. The molecule has 19 heavy (non-hydrogen) atoms. The van der Waals surface area contributed by atoms with Crippen molar-refractivity contribution in [1.29, 1.82) is 0 Å². The van der Waals surface area contributed by atoms with Gasteiger partial charge in [-0.2, -0.15) is 0 Å². The van der Waals surface area contributed by atoms with Gasteiger partial charge >= 0.3 is 0 Å². The van der Waals surface area contributed by atoms with Crippen LogP contribution in [-0.2, 0) is 4.74 Å². The molecule has 0 aromatic heterocycles. The zero-order valence-corrected chi connectivity index (χ0v) is 13.1. The molecule has 1 aliphatic rings. The summed E-state index contributed by atoms with van der Waals surface area (Å²) in [4.78, 5) is 11.6. The van der Waals surface area contributed by atoms with E-state index in [4.69, 9.17) is 9.47 Å². The van der Waals surface area contributed by atoms with Crippen LogP contribution < -0.4 is 4.74 Å². The highest BCUT2D eigenvalue weighted by molar-refractivity contribution is 9.10. The van der Waals surface area contributed by atoms with E-state index in [1.807, 2.05) is 12.1 Å². The summed E-state index contributed by atoms with van der Waals surface area (Å²) in [5.41, 5.74) is 0.545. The average Bonchev–Trinajstić information content (AvgIpc) is 2.67. The Morgan fingerprint density at radius 1 is 1.53 bits per heavy atom. The van der Waals surface area contributed by atoms with E-state index in [1.165, 1.54) is 0 Å². The molecular weight excluding hydrogens is 308 g/mol. The number of ether oxygens (including phenoxy) is 2. The minimum Gasteiger partial charge on any atom is -0.490 e. The lowest BCUT2D eigenvalue weighted by molar-refractivity contribution is -0.0327. The molecule has 0 aliphatic carbocycles. The molecule has 0 spiro atoms. The maximum Gasteiger partial charge on any atom is 0.163 e. The Bertz CT molecular complexity index is 482. The highest BCUT2D eigenvalue weighted by Gasteiger charge is 2.32. The lowest BCUT2D eigenvalue weighted by Gasteiger charge is -2.20. The predicted octanol–water partition coefficient (Wildman–Crippen LogP) is 3.99. The lowest BCUT2D eigenvalue weighted by atomic mass is 10.1. The van der Waals surface area contributed by atoms with Crippen molar-refractivity contribution in [3.63, 3.8) is 0 Å². The van der Waals surface area contributed by atoms with E-state index in [1.54, 1.807) is 13.0 Å². The zero-order valence-electron chi connectivity index (χ0n) is 11.5. The van der Waals surface area contributed by atoms with Gasteiger partial charge in [-0.05, 0) is 51.8 Å². The molecular formula is C15H19BrO3. The standard InChI is InChI=1S/C15H19BrO3/c1-10(17)13-8-11(16)4-5-14(13)18-9-12-6-7-15(2,3)19-12/h4-5,8,12H,6-7,9H2,1-3H3. The molecule has 0 radical (unpaired) electrons. The molecule has 1 unspecified atom stereocenters. The maximum absolute atomic E-state index is 11.6. The topological polar surface area (TPSA) is 35.5 Å². The highest BCUT2D eigenvalue weighted by atomic mass is 79.9. The maximum atomic E-state index is 11.6. The normalized spacial score (nSPS) is 21.4. The molecule has 0 saturated carbocycles. The summed E-state index contributed by atoms with van der Waals surface area (Å²) in [6, 6.07) is 5.49. The monoisotopic (exact) mass is 326 g/mol. The van der Waals surface area contributed by atoms with E-state index in [9.17, 15) is 4.79 Å². The number of halogens is 1. The summed E-state index contributed by atoms with van der Waals surface area (Å²) in [5, 5.41) is 0. The molecule has 1 aromatic rings. The quantitative estimate of drug-likeness (QED) is 0.785. The number of hydrogen-bond acceptors (Lipinski definition) is 3. The molecule has 1 heterocycles. The number of rotatable bonds is 4. The predicted molar refractivity (Wildman–Crippen MR) is 77.8 cm³/mol. The minimum atomic E-state index is -0.0584. The van der Waals surface area contributed by atoms with Gasteiger partial charge in [-0.1, -0.05) is 15.9 Å². The molecule has 3 nitrogen and oxygen atoms in total. The Labute approximate surface area is 122 Å². The second-order valence-corrected chi connectivity index (χ2v) is 6.46. The van der Waals surface area contributed by atoms with Crippen LogP contribution in [0.2, 0.25) is 0 Å². The molecule has 1 saturated heterocycles. The van der Waals surface area contributed by atoms with Gasteiger partial charge in [-0.15, -0.1) is 0 Å². The van der Waals surface area contributed by atoms with Gasteiger partial charge in [0.25, 0.3) is 0 Å². The summed E-state index contributed by atoms with van der Waals surface area (Å²) in [6.07, 6.45) is 2.15. The van der Waals surface area contributed by atoms with Crippen molar-refractivity contribution in [3.05, 3.63) is 28.2 Å². The minimum absolute atomic E-state index is 0.00368. The number of carbonyl (C=O) groups excluding carboxylic acids is 1. The van der Waals surface area contributed by atoms with Crippen LogP contribution in [0.15, 0.2) is 22.7 Å². The molecule has 4 heteroatoms. The highest BCUT2D eigenvalue weighted by Crippen LogP contribution is 2.30. The van der Waals surface area contributed by atoms with Gasteiger partial charge in [0.2, 0.25) is 0 Å². The summed E-state index contributed by atoms with van der Waals surface area (Å²) in [7, 11) is 0. The fraction of sp³-hybridized carbons (Fsp3) is 0.533. The van der Waals surface area contributed by atoms with Crippen LogP contribution in [0.5, 0.6) is 5.75 Å². The summed E-state index contributed by atoms with van der Waals surface area (Å²) in [6.45, 7) is 6.22. The molecule has 1 atom stereocenters. The fourth-order valence-corrected chi connectivity index (χ4v) is 2.64. The molecule has 104 valence electrons. The van der Waals surface area contributed by atoms with E-state index in [2.05, 4.69) is 29.8 Å². The van der Waals surface area contributed by atoms with Gasteiger partial charge in [0, 0.05) is 4.47 Å². The third-order valence-electron chi connectivity index (χ3n) is 3.30. The second-order valence-electron chi connectivity index (χ2n) is 5.55. The zero-order chi connectivity index (χ0) is 14.0. The average molecular weight is 327 g/mol. The van der Waals surface area contributed by atoms with Crippen LogP contribution in [0.4, 0.5) is 0 Å². The van der Waals surface area contributed by atoms with Crippen molar-refractivity contribution in [3.8, 4) is 5.75 Å². The van der Waals surface area contributed by atoms with E-state index in [0.29, 0.717) is 17.9 Å². The molecule has 0 bridgehead atoms. The van der Waals surface area contributed by atoms with Gasteiger partial charge in [0.05, 0.1) is 17.3 Å². The molecule has 2 rings (SSSR count). The Kier molecular flexibility index (Phi) is 4.31. The van der Waals surface area contributed by atoms with Gasteiger partial charge in [-0.3, -0.25) is 4.79 Å². The largest absolute Gasteiger partial charge is 0.490 e. The van der Waals surface area contributed by atoms with Crippen LogP contribution in [0.3, 0.4) is 0 Å². The lowest BCUT2D eigenvalue weighted by Crippen LogP contribution is -2.24. The molecule has 1 aliphatic heterocycles. The van der Waals surface area contributed by atoms with Crippen molar-refractivity contribution in [1.82, 2.24) is 0 Å². The Hall–Kier alpha value is -0.870. The van der Waals surface area contributed by atoms with Crippen molar-refractivity contribution in [2.45, 2.75) is 45.3 Å². The van der Waals surface area contributed by atoms with Gasteiger partial charge < -0.3 is 9.47 Å². The first kappa shape index (κ1) is 14.5. The number of Topliss-reactive ketones (excluding diaryl/α,β-unsaturated/α-hetero) is 1. The van der Waals surface area contributed by atoms with Gasteiger partial charge in [-0.25, -0.2) is 0 Å². The summed E-state index contributed by atoms with van der Waals surface area (Å²) in [5.74, 6) is 0.632. The molecule has 1 aromatic carbocycles. The molecule has 1 fully saturated rings. The first-order chi connectivity index (χ1) is 8.87. The van der Waals surface area contributed by atoms with Crippen molar-refractivity contribution in [2.24, 2.45) is 0 Å². The number of hydrogen-bond donors (Lipinski definition) is 0. The van der Waals surface area contributed by atoms with E-state index in [0.717, 1.165) is 17.3 Å². The van der Waals surface area contributed by atoms with E-state index in [-0.39, 0.29) is 17.5 Å². The summed E-state index contributed by atoms with van der Waals surface area (Å²) < 4.78 is 12.5. The fourth-order valence-electron chi connectivity index (χ4n) is 2.28.